The van der Waals surface area contributed by atoms with Crippen LogP contribution in [0.3, 0.4) is 0 Å². The number of rotatable bonds is 2. The monoisotopic (exact) mass is 207 g/mol. The minimum Gasteiger partial charge on any atom is -0.303 e. The second kappa shape index (κ2) is 3.89. The van der Waals surface area contributed by atoms with Gasteiger partial charge in [0.25, 0.3) is 0 Å². The minimum atomic E-state index is 0.418. The summed E-state index contributed by atoms with van der Waals surface area (Å²) >= 11 is 0. The molecule has 0 N–H and O–H groups in total. The van der Waals surface area contributed by atoms with Crippen molar-refractivity contribution in [3.8, 4) is 0 Å². The summed E-state index contributed by atoms with van der Waals surface area (Å²) in [7, 11) is 0. The molecule has 2 bridgehead atoms. The fourth-order valence-corrected chi connectivity index (χ4v) is 3.83. The van der Waals surface area contributed by atoms with Crippen molar-refractivity contribution >= 4 is 5.78 Å². The van der Waals surface area contributed by atoms with Crippen LogP contribution in [0.5, 0.6) is 0 Å². The van der Waals surface area contributed by atoms with E-state index in [0.717, 1.165) is 12.5 Å². The second-order valence-electron chi connectivity index (χ2n) is 5.64. The molecule has 84 valence electrons. The van der Waals surface area contributed by atoms with Crippen LogP contribution in [0.4, 0.5) is 0 Å². The Kier molecular flexibility index (Phi) is 2.55. The molecule has 0 unspecified atom stereocenters. The van der Waals surface area contributed by atoms with Crippen LogP contribution in [-0.2, 0) is 4.79 Å². The van der Waals surface area contributed by atoms with Crippen molar-refractivity contribution in [3.63, 3.8) is 0 Å². The molecule has 0 radical (unpaired) electrons. The maximum absolute atomic E-state index is 12.0. The molecule has 1 saturated heterocycles. The van der Waals surface area contributed by atoms with Gasteiger partial charge in [-0.05, 0) is 51.1 Å². The van der Waals surface area contributed by atoms with Crippen molar-refractivity contribution in [2.24, 2.45) is 17.8 Å². The third-order valence-corrected chi connectivity index (χ3v) is 4.71. The lowest BCUT2D eigenvalue weighted by Crippen LogP contribution is -2.38. The van der Waals surface area contributed by atoms with Gasteiger partial charge in [-0.1, -0.05) is 6.42 Å². The Bertz CT molecular complexity index is 257. The first-order valence-corrected chi connectivity index (χ1v) is 6.60. The first-order valence-electron chi connectivity index (χ1n) is 6.60. The maximum atomic E-state index is 12.0. The zero-order chi connectivity index (χ0) is 10.3. The molecule has 2 aliphatic carbocycles. The molecule has 0 aromatic heterocycles. The topological polar surface area (TPSA) is 20.3 Å². The van der Waals surface area contributed by atoms with E-state index in [1.54, 1.807) is 0 Å². The summed E-state index contributed by atoms with van der Waals surface area (Å²) in [4.78, 5) is 14.5. The van der Waals surface area contributed by atoms with Gasteiger partial charge in [-0.3, -0.25) is 4.79 Å². The van der Waals surface area contributed by atoms with Crippen LogP contribution < -0.4 is 0 Å². The number of hydrogen-bond acceptors (Lipinski definition) is 2. The van der Waals surface area contributed by atoms with Crippen LogP contribution in [0.1, 0.15) is 38.5 Å². The number of carbonyl (C=O) groups excluding carboxylic acids is 1. The average Bonchev–Trinajstić information content (AvgIpc) is 2.84. The largest absolute Gasteiger partial charge is 0.303 e. The van der Waals surface area contributed by atoms with Crippen LogP contribution in [0, 0.1) is 17.8 Å². The Morgan fingerprint density at radius 2 is 1.93 bits per heavy atom. The van der Waals surface area contributed by atoms with Gasteiger partial charge in [-0.25, -0.2) is 0 Å². The number of likely N-dealkylation sites (tertiary alicyclic amines) is 1. The first kappa shape index (κ1) is 9.83. The van der Waals surface area contributed by atoms with E-state index >= 15 is 0 Å². The van der Waals surface area contributed by atoms with Gasteiger partial charge >= 0.3 is 0 Å². The zero-order valence-electron chi connectivity index (χ0n) is 9.45. The van der Waals surface area contributed by atoms with Crippen molar-refractivity contribution in [1.29, 1.82) is 0 Å². The highest BCUT2D eigenvalue weighted by atomic mass is 16.1. The van der Waals surface area contributed by atoms with Crippen LogP contribution >= 0.6 is 0 Å². The van der Waals surface area contributed by atoms with E-state index in [0.29, 0.717) is 17.6 Å². The molecule has 15 heavy (non-hydrogen) atoms. The van der Waals surface area contributed by atoms with Crippen molar-refractivity contribution in [2.45, 2.75) is 38.5 Å². The predicted octanol–water partition coefficient (Wildman–Crippen LogP) is 2.09. The average molecular weight is 207 g/mol. The summed E-state index contributed by atoms with van der Waals surface area (Å²) in [5.41, 5.74) is 0. The highest BCUT2D eigenvalue weighted by Gasteiger charge is 2.46. The van der Waals surface area contributed by atoms with E-state index in [9.17, 15) is 4.79 Å². The summed E-state index contributed by atoms with van der Waals surface area (Å²) in [6, 6.07) is 0. The molecule has 1 heterocycles. The van der Waals surface area contributed by atoms with Crippen LogP contribution in [-0.4, -0.2) is 30.3 Å². The third-order valence-electron chi connectivity index (χ3n) is 4.71. The normalized spacial score (nSPS) is 41.3. The summed E-state index contributed by atoms with van der Waals surface area (Å²) in [5.74, 6) is 2.24. The third kappa shape index (κ3) is 1.73. The van der Waals surface area contributed by atoms with Crippen LogP contribution in [0.15, 0.2) is 0 Å². The smallest absolute Gasteiger partial charge is 0.140 e. The molecule has 0 aromatic carbocycles. The van der Waals surface area contributed by atoms with E-state index in [1.807, 2.05) is 0 Å². The Morgan fingerprint density at radius 3 is 2.60 bits per heavy atom. The molecule has 0 spiro atoms. The molecule has 3 fully saturated rings. The van der Waals surface area contributed by atoms with Crippen molar-refractivity contribution in [1.82, 2.24) is 4.90 Å². The number of hydrogen-bond donors (Lipinski definition) is 0. The van der Waals surface area contributed by atoms with Gasteiger partial charge in [0.2, 0.25) is 0 Å². The van der Waals surface area contributed by atoms with Crippen molar-refractivity contribution in [2.75, 3.05) is 19.6 Å². The molecule has 1 aliphatic heterocycles. The van der Waals surface area contributed by atoms with Gasteiger partial charge in [0.15, 0.2) is 0 Å². The summed E-state index contributed by atoms with van der Waals surface area (Å²) < 4.78 is 0. The van der Waals surface area contributed by atoms with Gasteiger partial charge < -0.3 is 4.90 Å². The van der Waals surface area contributed by atoms with E-state index in [4.69, 9.17) is 0 Å². The lowest BCUT2D eigenvalue weighted by molar-refractivity contribution is -0.126. The number of piperidine rings is 1. The standard InChI is InChI=1S/C13H21NO/c15-13-11-5-4-10(8-11)12(13)9-14-6-2-1-3-7-14/h10-12H,1-9H2/t10-,11+,12-/m0/s1. The van der Waals surface area contributed by atoms with Gasteiger partial charge in [0.1, 0.15) is 5.78 Å². The lowest BCUT2D eigenvalue weighted by atomic mass is 9.87. The fourth-order valence-electron chi connectivity index (χ4n) is 3.83. The van der Waals surface area contributed by atoms with Crippen LogP contribution in [0.25, 0.3) is 0 Å². The summed E-state index contributed by atoms with van der Waals surface area (Å²) in [5, 5.41) is 0. The number of nitrogens with zero attached hydrogens (tertiary/aromatic N) is 1. The molecule has 2 saturated carbocycles. The second-order valence-corrected chi connectivity index (χ2v) is 5.64. The number of ketones is 1. The molecule has 0 aromatic rings. The minimum absolute atomic E-state index is 0.418. The molecular weight excluding hydrogens is 186 g/mol. The van der Waals surface area contributed by atoms with Gasteiger partial charge in [-0.15, -0.1) is 0 Å². The van der Waals surface area contributed by atoms with Gasteiger partial charge in [0.05, 0.1) is 0 Å². The van der Waals surface area contributed by atoms with Crippen molar-refractivity contribution in [3.05, 3.63) is 0 Å². The lowest BCUT2D eigenvalue weighted by Gasteiger charge is -2.31. The van der Waals surface area contributed by atoms with Gasteiger partial charge in [0, 0.05) is 18.4 Å². The Labute approximate surface area is 92.0 Å². The molecule has 2 heteroatoms. The van der Waals surface area contributed by atoms with E-state index in [-0.39, 0.29) is 0 Å². The molecule has 3 rings (SSSR count). The summed E-state index contributed by atoms with van der Waals surface area (Å²) in [6.07, 6.45) is 7.82. The number of Topliss-reactive ketones (excluding diaryl/α,β-unsaturated/α-hetero) is 1. The van der Waals surface area contributed by atoms with E-state index < -0.39 is 0 Å². The molecule has 2 nitrogen and oxygen atoms in total. The Hall–Kier alpha value is -0.370. The molecule has 3 atom stereocenters. The van der Waals surface area contributed by atoms with Crippen LogP contribution in [0.2, 0.25) is 0 Å². The fraction of sp³-hybridized carbons (Fsp3) is 0.923. The summed E-state index contributed by atoms with van der Waals surface area (Å²) in [6.45, 7) is 3.56. The molecule has 3 aliphatic rings. The Morgan fingerprint density at radius 1 is 1.13 bits per heavy atom. The number of fused-ring (bicyclic) bond motifs is 2. The van der Waals surface area contributed by atoms with Gasteiger partial charge in [-0.2, -0.15) is 0 Å². The highest BCUT2D eigenvalue weighted by Crippen LogP contribution is 2.46. The molecule has 0 amide bonds. The molecular formula is C13H21NO. The van der Waals surface area contributed by atoms with E-state index in [1.165, 1.54) is 51.6 Å². The van der Waals surface area contributed by atoms with E-state index in [2.05, 4.69) is 4.90 Å². The quantitative estimate of drug-likeness (QED) is 0.691. The Balaban J connectivity index is 1.60. The zero-order valence-corrected chi connectivity index (χ0v) is 9.45. The SMILES string of the molecule is O=C1[C@@H]2CC[C@@H](C2)[C@@H]1CN1CCCCC1. The predicted molar refractivity (Wildman–Crippen MR) is 59.6 cm³/mol. The first-order chi connectivity index (χ1) is 7.34. The van der Waals surface area contributed by atoms with Crippen molar-refractivity contribution < 1.29 is 4.79 Å². The number of carbonyl (C=O) groups is 1. The maximum Gasteiger partial charge on any atom is 0.140 e. The highest BCUT2D eigenvalue weighted by molar-refractivity contribution is 5.87.